The summed E-state index contributed by atoms with van der Waals surface area (Å²) >= 11 is 0. The van der Waals surface area contributed by atoms with Crippen LogP contribution in [0.3, 0.4) is 0 Å². The van der Waals surface area contributed by atoms with Gasteiger partial charge in [-0.25, -0.2) is 4.98 Å². The number of nitrogen functional groups attached to an aromatic ring is 1. The Balaban J connectivity index is 1.83. The quantitative estimate of drug-likeness (QED) is 0.638. The van der Waals surface area contributed by atoms with Crippen LogP contribution >= 0.6 is 0 Å². The van der Waals surface area contributed by atoms with Crippen LogP contribution in [0.25, 0.3) is 11.5 Å². The highest BCUT2D eigenvalue weighted by molar-refractivity contribution is 5.94. The first-order valence-electron chi connectivity index (χ1n) is 7.60. The molecule has 3 rings (SSSR count). The van der Waals surface area contributed by atoms with Crippen molar-refractivity contribution >= 4 is 23.4 Å². The van der Waals surface area contributed by atoms with Crippen molar-refractivity contribution in [1.82, 2.24) is 20.2 Å². The lowest BCUT2D eigenvalue weighted by atomic mass is 10.1. The lowest BCUT2D eigenvalue weighted by Crippen LogP contribution is -2.12. The molecule has 0 atom stereocenters. The Hall–Kier alpha value is -3.49. The first-order valence-corrected chi connectivity index (χ1v) is 7.60. The highest BCUT2D eigenvalue weighted by Gasteiger charge is 2.14. The Kier molecular flexibility index (Phi) is 4.29. The SMILES string of the molecule is CCc1nnc(-c2cnc(Nc3ccc(C(N)=O)c(C)c3)nc2N)o1. The molecule has 9 heteroatoms. The summed E-state index contributed by atoms with van der Waals surface area (Å²) < 4.78 is 5.46. The molecule has 5 N–H and O–H groups in total. The fraction of sp³-hybridized carbons (Fsp3) is 0.188. The number of amides is 1. The van der Waals surface area contributed by atoms with E-state index in [9.17, 15) is 4.79 Å². The molecule has 0 aliphatic heterocycles. The molecule has 0 aliphatic carbocycles. The third-order valence-corrected chi connectivity index (χ3v) is 3.57. The van der Waals surface area contributed by atoms with Gasteiger partial charge in [-0.1, -0.05) is 6.92 Å². The van der Waals surface area contributed by atoms with Gasteiger partial charge in [0, 0.05) is 23.9 Å². The number of carbonyl (C=O) groups is 1. The third-order valence-electron chi connectivity index (χ3n) is 3.57. The zero-order valence-corrected chi connectivity index (χ0v) is 13.8. The van der Waals surface area contributed by atoms with Crippen molar-refractivity contribution in [1.29, 1.82) is 0 Å². The van der Waals surface area contributed by atoms with E-state index in [1.165, 1.54) is 6.20 Å². The average molecular weight is 339 g/mol. The number of hydrogen-bond donors (Lipinski definition) is 3. The molecule has 0 unspecified atom stereocenters. The molecule has 128 valence electrons. The van der Waals surface area contributed by atoms with Crippen molar-refractivity contribution in [3.8, 4) is 11.5 Å². The summed E-state index contributed by atoms with van der Waals surface area (Å²) in [5.41, 5.74) is 13.7. The van der Waals surface area contributed by atoms with Gasteiger partial charge in [0.2, 0.25) is 17.7 Å². The zero-order chi connectivity index (χ0) is 18.0. The number of aryl methyl sites for hydroxylation is 2. The largest absolute Gasteiger partial charge is 0.421 e. The molecule has 25 heavy (non-hydrogen) atoms. The van der Waals surface area contributed by atoms with Crippen molar-refractivity contribution < 1.29 is 9.21 Å². The van der Waals surface area contributed by atoms with Crippen LogP contribution in [0.1, 0.15) is 28.7 Å². The lowest BCUT2D eigenvalue weighted by Gasteiger charge is -2.09. The van der Waals surface area contributed by atoms with Crippen molar-refractivity contribution in [3.05, 3.63) is 41.4 Å². The topological polar surface area (TPSA) is 146 Å². The van der Waals surface area contributed by atoms with Crippen LogP contribution in [0.5, 0.6) is 0 Å². The maximum Gasteiger partial charge on any atom is 0.253 e. The molecular formula is C16H17N7O2. The van der Waals surface area contributed by atoms with E-state index in [0.717, 1.165) is 5.56 Å². The van der Waals surface area contributed by atoms with E-state index in [-0.39, 0.29) is 11.7 Å². The Labute approximate surface area is 143 Å². The molecule has 1 amide bonds. The van der Waals surface area contributed by atoms with Gasteiger partial charge in [0.1, 0.15) is 5.82 Å². The van der Waals surface area contributed by atoms with Crippen LogP contribution in [0, 0.1) is 6.92 Å². The van der Waals surface area contributed by atoms with Gasteiger partial charge >= 0.3 is 0 Å². The second kappa shape index (κ2) is 6.56. The minimum absolute atomic E-state index is 0.217. The molecule has 2 heterocycles. The molecular weight excluding hydrogens is 322 g/mol. The number of anilines is 3. The highest BCUT2D eigenvalue weighted by Crippen LogP contribution is 2.25. The van der Waals surface area contributed by atoms with Crippen molar-refractivity contribution in [2.75, 3.05) is 11.1 Å². The van der Waals surface area contributed by atoms with Gasteiger partial charge in [-0.3, -0.25) is 4.79 Å². The standard InChI is InChI=1S/C16H17N7O2/c1-3-12-22-23-15(25-12)11-7-19-16(21-13(11)17)20-9-4-5-10(14(18)24)8(2)6-9/h4-7H,3H2,1-2H3,(H2,18,24)(H3,17,19,20,21). The van der Waals surface area contributed by atoms with E-state index in [2.05, 4.69) is 25.5 Å². The molecule has 2 aromatic heterocycles. The van der Waals surface area contributed by atoms with Crippen molar-refractivity contribution in [3.63, 3.8) is 0 Å². The molecule has 0 fully saturated rings. The zero-order valence-electron chi connectivity index (χ0n) is 13.8. The van der Waals surface area contributed by atoms with Gasteiger partial charge in [-0.2, -0.15) is 4.98 Å². The highest BCUT2D eigenvalue weighted by atomic mass is 16.4. The van der Waals surface area contributed by atoms with E-state index >= 15 is 0 Å². The van der Waals surface area contributed by atoms with Crippen LogP contribution in [0.15, 0.2) is 28.8 Å². The maximum absolute atomic E-state index is 11.3. The van der Waals surface area contributed by atoms with E-state index in [0.29, 0.717) is 35.1 Å². The van der Waals surface area contributed by atoms with Crippen molar-refractivity contribution in [2.45, 2.75) is 20.3 Å². The number of rotatable bonds is 5. The minimum Gasteiger partial charge on any atom is -0.421 e. The van der Waals surface area contributed by atoms with Gasteiger partial charge < -0.3 is 21.2 Å². The first-order chi connectivity index (χ1) is 12.0. The first kappa shape index (κ1) is 16.4. The molecule has 0 spiro atoms. The monoisotopic (exact) mass is 339 g/mol. The molecule has 0 radical (unpaired) electrons. The van der Waals surface area contributed by atoms with Crippen LogP contribution in [-0.4, -0.2) is 26.1 Å². The fourth-order valence-corrected chi connectivity index (χ4v) is 2.27. The van der Waals surface area contributed by atoms with Crippen LogP contribution in [0.2, 0.25) is 0 Å². The number of carbonyl (C=O) groups excluding carboxylic acids is 1. The van der Waals surface area contributed by atoms with Gasteiger partial charge in [0.15, 0.2) is 0 Å². The Morgan fingerprint density at radius 3 is 2.72 bits per heavy atom. The number of aromatic nitrogens is 4. The molecule has 0 saturated carbocycles. The van der Waals surface area contributed by atoms with Gasteiger partial charge in [0.25, 0.3) is 5.89 Å². The van der Waals surface area contributed by atoms with Gasteiger partial charge in [-0.05, 0) is 30.7 Å². The molecule has 9 nitrogen and oxygen atoms in total. The normalized spacial score (nSPS) is 10.6. The molecule has 3 aromatic rings. The average Bonchev–Trinajstić information content (AvgIpc) is 3.03. The Bertz CT molecular complexity index is 936. The minimum atomic E-state index is -0.472. The summed E-state index contributed by atoms with van der Waals surface area (Å²) in [6.07, 6.45) is 2.15. The summed E-state index contributed by atoms with van der Waals surface area (Å²) in [6.45, 7) is 3.71. The molecule has 0 saturated heterocycles. The number of nitrogens with zero attached hydrogens (tertiary/aromatic N) is 4. The number of hydrogen-bond acceptors (Lipinski definition) is 8. The van der Waals surface area contributed by atoms with E-state index in [1.807, 2.05) is 6.92 Å². The maximum atomic E-state index is 11.3. The number of nitrogens with one attached hydrogen (secondary N) is 1. The summed E-state index contributed by atoms with van der Waals surface area (Å²) in [5, 5.41) is 10.8. The predicted octanol–water partition coefficient (Wildman–Crippen LogP) is 1.82. The van der Waals surface area contributed by atoms with Crippen LogP contribution < -0.4 is 16.8 Å². The predicted molar refractivity (Wildman–Crippen MR) is 92.1 cm³/mol. The van der Waals surface area contributed by atoms with E-state index in [1.54, 1.807) is 25.1 Å². The van der Waals surface area contributed by atoms with Crippen LogP contribution in [0.4, 0.5) is 17.5 Å². The summed E-state index contributed by atoms with van der Waals surface area (Å²) in [4.78, 5) is 19.7. The Morgan fingerprint density at radius 2 is 2.12 bits per heavy atom. The second-order valence-corrected chi connectivity index (χ2v) is 5.37. The van der Waals surface area contributed by atoms with E-state index < -0.39 is 5.91 Å². The molecule has 0 bridgehead atoms. The summed E-state index contributed by atoms with van der Waals surface area (Å²) in [7, 11) is 0. The molecule has 1 aromatic carbocycles. The molecule has 0 aliphatic rings. The lowest BCUT2D eigenvalue weighted by molar-refractivity contribution is 0.0999. The third kappa shape index (κ3) is 3.39. The summed E-state index contributed by atoms with van der Waals surface area (Å²) in [5.74, 6) is 0.848. The summed E-state index contributed by atoms with van der Waals surface area (Å²) in [6, 6.07) is 5.13. The Morgan fingerprint density at radius 1 is 1.32 bits per heavy atom. The number of benzene rings is 1. The van der Waals surface area contributed by atoms with Crippen LogP contribution in [-0.2, 0) is 6.42 Å². The van der Waals surface area contributed by atoms with E-state index in [4.69, 9.17) is 15.9 Å². The van der Waals surface area contributed by atoms with Gasteiger partial charge in [-0.15, -0.1) is 10.2 Å². The number of nitrogens with two attached hydrogens (primary N) is 2. The van der Waals surface area contributed by atoms with Gasteiger partial charge in [0.05, 0.1) is 5.56 Å². The second-order valence-electron chi connectivity index (χ2n) is 5.37. The van der Waals surface area contributed by atoms with Crippen molar-refractivity contribution in [2.24, 2.45) is 5.73 Å². The number of primary amides is 1. The fourth-order valence-electron chi connectivity index (χ4n) is 2.27. The smallest absolute Gasteiger partial charge is 0.253 e.